The lowest BCUT2D eigenvalue weighted by Gasteiger charge is -2.06. The van der Waals surface area contributed by atoms with Crippen molar-refractivity contribution in [3.63, 3.8) is 0 Å². The van der Waals surface area contributed by atoms with E-state index in [2.05, 4.69) is 20.8 Å². The van der Waals surface area contributed by atoms with Gasteiger partial charge in [0.25, 0.3) is 11.8 Å². The van der Waals surface area contributed by atoms with Gasteiger partial charge in [0.2, 0.25) is 5.13 Å². The molecule has 2 heterocycles. The Hall–Kier alpha value is -3.30. The van der Waals surface area contributed by atoms with Crippen LogP contribution in [0.4, 0.5) is 10.8 Å². The molecule has 0 radical (unpaired) electrons. The van der Waals surface area contributed by atoms with E-state index < -0.39 is 0 Å². The van der Waals surface area contributed by atoms with Crippen LogP contribution in [-0.2, 0) is 0 Å². The first-order valence-corrected chi connectivity index (χ1v) is 12.4. The quantitative estimate of drug-likeness (QED) is 0.254. The third-order valence-corrected chi connectivity index (χ3v) is 7.65. The van der Waals surface area contributed by atoms with Crippen molar-refractivity contribution in [1.29, 1.82) is 0 Å². The molecule has 0 aliphatic rings. The molecule has 5 rings (SSSR count). The number of halogens is 2. The molecule has 6 nitrogen and oxygen atoms in total. The van der Waals surface area contributed by atoms with Gasteiger partial charge in [0, 0.05) is 31.9 Å². The molecule has 10 heteroatoms. The monoisotopic (exact) mass is 524 g/mol. The number of thiophene rings is 1. The van der Waals surface area contributed by atoms with Crippen LogP contribution >= 0.6 is 45.9 Å². The summed E-state index contributed by atoms with van der Waals surface area (Å²) in [7, 11) is 0. The summed E-state index contributed by atoms with van der Waals surface area (Å²) in [6.07, 6.45) is 0. The second-order valence-corrected chi connectivity index (χ2v) is 9.99. The first kappa shape index (κ1) is 22.5. The minimum Gasteiger partial charge on any atom is -0.321 e. The highest BCUT2D eigenvalue weighted by atomic mass is 35.5. The Morgan fingerprint density at radius 1 is 0.794 bits per heavy atom. The maximum absolute atomic E-state index is 12.8. The summed E-state index contributed by atoms with van der Waals surface area (Å²) < 4.78 is 0.835. The lowest BCUT2D eigenvalue weighted by atomic mass is 10.2. The van der Waals surface area contributed by atoms with E-state index in [0.29, 0.717) is 31.3 Å². The number of fused-ring (bicyclic) bond motifs is 1. The Kier molecular flexibility index (Phi) is 6.30. The zero-order chi connectivity index (χ0) is 23.7. The number of aromatic nitrogens is 2. The van der Waals surface area contributed by atoms with Crippen LogP contribution in [0.3, 0.4) is 0 Å². The van der Waals surface area contributed by atoms with E-state index in [4.69, 9.17) is 23.2 Å². The van der Waals surface area contributed by atoms with E-state index >= 15 is 0 Å². The molecule has 5 aromatic rings. The Balaban J connectivity index is 1.26. The molecule has 0 unspecified atom stereocenters. The first-order chi connectivity index (χ1) is 16.5. The van der Waals surface area contributed by atoms with Crippen LogP contribution in [0.1, 0.15) is 20.0 Å². The summed E-state index contributed by atoms with van der Waals surface area (Å²) >= 11 is 15.0. The van der Waals surface area contributed by atoms with Crippen molar-refractivity contribution in [3.05, 3.63) is 93.3 Å². The SMILES string of the molecule is O=C(Nc1nnc(-c2ccccc2)s1)c1ccc(NC(=O)c2sc3cc(Cl)ccc3c2Cl)cc1. The molecule has 0 atom stereocenters. The Bertz CT molecular complexity index is 1520. The zero-order valence-electron chi connectivity index (χ0n) is 17.2. The van der Waals surface area contributed by atoms with Crippen LogP contribution in [0, 0.1) is 0 Å². The molecule has 0 saturated heterocycles. The summed E-state index contributed by atoms with van der Waals surface area (Å²) in [5.74, 6) is -0.653. The summed E-state index contributed by atoms with van der Waals surface area (Å²) in [6.45, 7) is 0. The Morgan fingerprint density at radius 2 is 1.56 bits per heavy atom. The van der Waals surface area contributed by atoms with Crippen molar-refractivity contribution in [3.8, 4) is 10.6 Å². The Labute approximate surface area is 212 Å². The number of rotatable bonds is 5. The third kappa shape index (κ3) is 4.67. The lowest BCUT2D eigenvalue weighted by Crippen LogP contribution is -2.13. The fourth-order valence-electron chi connectivity index (χ4n) is 3.22. The van der Waals surface area contributed by atoms with Gasteiger partial charge in [0.05, 0.1) is 5.02 Å². The number of benzene rings is 3. The molecule has 0 aliphatic heterocycles. The number of hydrogen-bond donors (Lipinski definition) is 2. The second-order valence-electron chi connectivity index (χ2n) is 7.15. The normalized spacial score (nSPS) is 10.9. The number of anilines is 2. The van der Waals surface area contributed by atoms with Gasteiger partial charge in [-0.3, -0.25) is 14.9 Å². The summed E-state index contributed by atoms with van der Waals surface area (Å²) in [5, 5.41) is 16.6. The highest BCUT2D eigenvalue weighted by molar-refractivity contribution is 7.21. The number of hydrogen-bond acceptors (Lipinski definition) is 6. The minimum atomic E-state index is -0.332. The van der Waals surface area contributed by atoms with Gasteiger partial charge in [-0.2, -0.15) is 0 Å². The van der Waals surface area contributed by atoms with E-state index in [0.717, 1.165) is 20.7 Å². The van der Waals surface area contributed by atoms with Gasteiger partial charge in [0.1, 0.15) is 9.88 Å². The smallest absolute Gasteiger partial charge is 0.267 e. The third-order valence-electron chi connectivity index (χ3n) is 4.87. The molecule has 0 fully saturated rings. The highest BCUT2D eigenvalue weighted by Crippen LogP contribution is 2.37. The average Bonchev–Trinajstić information content (AvgIpc) is 3.44. The molecule has 0 aliphatic carbocycles. The molecule has 34 heavy (non-hydrogen) atoms. The fraction of sp³-hybridized carbons (Fsp3) is 0. The van der Waals surface area contributed by atoms with Gasteiger partial charge in [0.15, 0.2) is 0 Å². The zero-order valence-corrected chi connectivity index (χ0v) is 20.4. The van der Waals surface area contributed by atoms with Gasteiger partial charge in [-0.25, -0.2) is 0 Å². The van der Waals surface area contributed by atoms with E-state index in [-0.39, 0.29) is 11.8 Å². The standard InChI is InChI=1S/C24H14Cl2N4O2S2/c25-15-8-11-17-18(12-15)33-20(19(17)26)22(32)27-16-9-6-13(7-10-16)21(31)28-24-30-29-23(34-24)14-4-2-1-3-5-14/h1-12H,(H,27,32)(H,28,30,31). The van der Waals surface area contributed by atoms with Crippen molar-refractivity contribution in [2.75, 3.05) is 10.6 Å². The molecule has 0 saturated carbocycles. The molecule has 0 spiro atoms. The molecule has 3 aromatic carbocycles. The van der Waals surface area contributed by atoms with Gasteiger partial charge in [-0.15, -0.1) is 21.5 Å². The van der Waals surface area contributed by atoms with Crippen molar-refractivity contribution in [1.82, 2.24) is 10.2 Å². The number of amides is 2. The van der Waals surface area contributed by atoms with Crippen molar-refractivity contribution < 1.29 is 9.59 Å². The molecular weight excluding hydrogens is 511 g/mol. The van der Waals surface area contributed by atoms with Crippen LogP contribution in [0.15, 0.2) is 72.8 Å². The molecule has 0 bridgehead atoms. The summed E-state index contributed by atoms with van der Waals surface area (Å²) in [4.78, 5) is 25.8. The predicted molar refractivity (Wildman–Crippen MR) is 140 cm³/mol. The van der Waals surface area contributed by atoms with E-state index in [1.807, 2.05) is 30.3 Å². The van der Waals surface area contributed by atoms with E-state index in [9.17, 15) is 9.59 Å². The minimum absolute atomic E-state index is 0.321. The maximum Gasteiger partial charge on any atom is 0.267 e. The van der Waals surface area contributed by atoms with Crippen molar-refractivity contribution >= 4 is 78.6 Å². The second kappa shape index (κ2) is 9.52. The highest BCUT2D eigenvalue weighted by Gasteiger charge is 2.18. The number of nitrogens with zero attached hydrogens (tertiary/aromatic N) is 2. The summed E-state index contributed by atoms with van der Waals surface area (Å²) in [6, 6.07) is 21.5. The maximum atomic E-state index is 12.8. The molecule has 2 aromatic heterocycles. The van der Waals surface area contributed by atoms with Gasteiger partial charge in [-0.1, -0.05) is 70.9 Å². The molecule has 2 amide bonds. The number of nitrogens with one attached hydrogen (secondary N) is 2. The number of carbonyl (C=O) groups excluding carboxylic acids is 2. The van der Waals surface area contributed by atoms with Crippen LogP contribution in [0.5, 0.6) is 0 Å². The first-order valence-electron chi connectivity index (χ1n) is 9.97. The molecule has 2 N–H and O–H groups in total. The van der Waals surface area contributed by atoms with Crippen LogP contribution < -0.4 is 10.6 Å². The topological polar surface area (TPSA) is 84.0 Å². The fourth-order valence-corrected chi connectivity index (χ4v) is 5.65. The van der Waals surface area contributed by atoms with Crippen LogP contribution in [0.2, 0.25) is 10.0 Å². The largest absolute Gasteiger partial charge is 0.321 e. The van der Waals surface area contributed by atoms with Crippen molar-refractivity contribution in [2.45, 2.75) is 0 Å². The Morgan fingerprint density at radius 3 is 2.32 bits per heavy atom. The van der Waals surface area contributed by atoms with Crippen LogP contribution in [0.25, 0.3) is 20.7 Å². The number of carbonyl (C=O) groups is 2. The molecule has 168 valence electrons. The average molecular weight is 525 g/mol. The summed E-state index contributed by atoms with van der Waals surface area (Å²) in [5.41, 5.74) is 1.89. The van der Waals surface area contributed by atoms with Crippen molar-refractivity contribution in [2.24, 2.45) is 0 Å². The molecular formula is C24H14Cl2N4O2S2. The van der Waals surface area contributed by atoms with Gasteiger partial charge in [-0.05, 0) is 36.4 Å². The van der Waals surface area contributed by atoms with Gasteiger partial charge < -0.3 is 5.32 Å². The predicted octanol–water partition coefficient (Wildman–Crippen LogP) is 7.23. The van der Waals surface area contributed by atoms with E-state index in [1.54, 1.807) is 42.5 Å². The van der Waals surface area contributed by atoms with Gasteiger partial charge >= 0.3 is 0 Å². The van der Waals surface area contributed by atoms with E-state index in [1.165, 1.54) is 22.7 Å². The lowest BCUT2D eigenvalue weighted by molar-refractivity contribution is 0.102. The van der Waals surface area contributed by atoms with Crippen LogP contribution in [-0.4, -0.2) is 22.0 Å².